The number of hydrogen-bond donors (Lipinski definition) is 1. The van der Waals surface area contributed by atoms with Gasteiger partial charge >= 0.3 is 5.97 Å². The molecule has 0 aliphatic carbocycles. The zero-order valence-electron chi connectivity index (χ0n) is 10.1. The summed E-state index contributed by atoms with van der Waals surface area (Å²) in [6, 6.07) is 6.58. The lowest BCUT2D eigenvalue weighted by Gasteiger charge is -2.11. The summed E-state index contributed by atoms with van der Waals surface area (Å²) in [4.78, 5) is 10.9. The van der Waals surface area contributed by atoms with Crippen LogP contribution in [0.25, 0.3) is 0 Å². The molecule has 2 aromatic carbocycles. The average Bonchev–Trinajstić information content (AvgIpc) is 2.39. The van der Waals surface area contributed by atoms with Crippen LogP contribution < -0.4 is 4.74 Å². The van der Waals surface area contributed by atoms with E-state index in [1.165, 1.54) is 12.1 Å². The highest BCUT2D eigenvalue weighted by Crippen LogP contribution is 2.24. The Labute approximate surface area is 112 Å². The summed E-state index contributed by atoms with van der Waals surface area (Å²) in [6.45, 7) is -0.611. The molecule has 2 aromatic rings. The van der Waals surface area contributed by atoms with E-state index < -0.39 is 46.9 Å². The zero-order chi connectivity index (χ0) is 14.7. The Morgan fingerprint density at radius 1 is 1.00 bits per heavy atom. The van der Waals surface area contributed by atoms with E-state index in [1.54, 1.807) is 0 Å². The standard InChI is InChI=1S/C14H9F3O3/c15-10-4-2-5-11(16)9(10)7-20-13-8(14(18)19)3-1-6-12(13)17/h1-6H,7H2,(H,18,19). The number of ether oxygens (including phenoxy) is 1. The van der Waals surface area contributed by atoms with Crippen LogP contribution in [-0.2, 0) is 6.61 Å². The van der Waals surface area contributed by atoms with E-state index in [9.17, 15) is 18.0 Å². The summed E-state index contributed by atoms with van der Waals surface area (Å²) in [5.74, 6) is -4.56. The Morgan fingerprint density at radius 2 is 1.55 bits per heavy atom. The van der Waals surface area contributed by atoms with E-state index in [0.717, 1.165) is 24.3 Å². The third kappa shape index (κ3) is 2.74. The van der Waals surface area contributed by atoms with Crippen LogP contribution in [0.1, 0.15) is 15.9 Å². The molecule has 0 unspecified atom stereocenters. The van der Waals surface area contributed by atoms with E-state index in [0.29, 0.717) is 0 Å². The molecule has 2 rings (SSSR count). The first-order chi connectivity index (χ1) is 9.50. The first kappa shape index (κ1) is 13.9. The normalized spacial score (nSPS) is 10.3. The average molecular weight is 282 g/mol. The molecule has 0 radical (unpaired) electrons. The SMILES string of the molecule is O=C(O)c1cccc(F)c1OCc1c(F)cccc1F. The Kier molecular flexibility index (Phi) is 3.93. The highest BCUT2D eigenvalue weighted by molar-refractivity contribution is 5.90. The molecule has 0 spiro atoms. The lowest BCUT2D eigenvalue weighted by molar-refractivity contribution is 0.0690. The predicted molar refractivity (Wildman–Crippen MR) is 64.0 cm³/mol. The predicted octanol–water partition coefficient (Wildman–Crippen LogP) is 3.38. The van der Waals surface area contributed by atoms with E-state index in [1.807, 2.05) is 0 Å². The molecule has 3 nitrogen and oxygen atoms in total. The number of carboxylic acids is 1. The largest absolute Gasteiger partial charge is 0.485 e. The molecule has 0 atom stereocenters. The summed E-state index contributed by atoms with van der Waals surface area (Å²) in [6.07, 6.45) is 0. The molecule has 6 heteroatoms. The monoisotopic (exact) mass is 282 g/mol. The lowest BCUT2D eigenvalue weighted by Crippen LogP contribution is -2.07. The van der Waals surface area contributed by atoms with Crippen molar-refractivity contribution in [3.05, 3.63) is 65.0 Å². The number of carboxylic acid groups (broad SMARTS) is 1. The van der Waals surface area contributed by atoms with Gasteiger partial charge in [-0.25, -0.2) is 18.0 Å². The van der Waals surface area contributed by atoms with E-state index in [2.05, 4.69) is 0 Å². The minimum atomic E-state index is -1.39. The Hall–Kier alpha value is -2.50. The van der Waals surface area contributed by atoms with Crippen LogP contribution in [0.2, 0.25) is 0 Å². The van der Waals surface area contributed by atoms with Crippen LogP contribution in [0.3, 0.4) is 0 Å². The molecule has 20 heavy (non-hydrogen) atoms. The van der Waals surface area contributed by atoms with Crippen LogP contribution in [0.4, 0.5) is 13.2 Å². The second kappa shape index (κ2) is 5.64. The van der Waals surface area contributed by atoms with Crippen molar-refractivity contribution in [1.82, 2.24) is 0 Å². The van der Waals surface area contributed by atoms with Gasteiger partial charge in [-0.2, -0.15) is 0 Å². The van der Waals surface area contributed by atoms with Crippen molar-refractivity contribution >= 4 is 5.97 Å². The Balaban J connectivity index is 2.30. The van der Waals surface area contributed by atoms with Crippen molar-refractivity contribution in [2.75, 3.05) is 0 Å². The highest BCUT2D eigenvalue weighted by Gasteiger charge is 2.17. The van der Waals surface area contributed by atoms with Gasteiger partial charge in [0.25, 0.3) is 0 Å². The summed E-state index contributed by atoms with van der Waals surface area (Å²) >= 11 is 0. The summed E-state index contributed by atoms with van der Waals surface area (Å²) in [5, 5.41) is 8.90. The van der Waals surface area contributed by atoms with Crippen molar-refractivity contribution < 1.29 is 27.8 Å². The fourth-order valence-electron chi connectivity index (χ4n) is 1.64. The molecule has 0 aromatic heterocycles. The molecule has 0 bridgehead atoms. The lowest BCUT2D eigenvalue weighted by atomic mass is 10.2. The van der Waals surface area contributed by atoms with Crippen LogP contribution in [0.15, 0.2) is 36.4 Å². The first-order valence-corrected chi connectivity index (χ1v) is 5.58. The van der Waals surface area contributed by atoms with Crippen LogP contribution in [0, 0.1) is 17.5 Å². The maximum atomic E-state index is 13.5. The molecule has 1 N–H and O–H groups in total. The van der Waals surface area contributed by atoms with Crippen LogP contribution in [-0.4, -0.2) is 11.1 Å². The Bertz CT molecular complexity index is 636. The zero-order valence-corrected chi connectivity index (χ0v) is 10.1. The van der Waals surface area contributed by atoms with Gasteiger partial charge in [-0.1, -0.05) is 12.1 Å². The number of rotatable bonds is 4. The number of halogens is 3. The van der Waals surface area contributed by atoms with E-state index in [-0.39, 0.29) is 0 Å². The number of aromatic carboxylic acids is 1. The molecule has 0 aliphatic heterocycles. The first-order valence-electron chi connectivity index (χ1n) is 5.58. The van der Waals surface area contributed by atoms with Crippen molar-refractivity contribution in [2.45, 2.75) is 6.61 Å². The van der Waals surface area contributed by atoms with Crippen molar-refractivity contribution in [3.63, 3.8) is 0 Å². The van der Waals surface area contributed by atoms with Gasteiger partial charge in [-0.15, -0.1) is 0 Å². The summed E-state index contributed by atoms with van der Waals surface area (Å²) in [7, 11) is 0. The van der Waals surface area contributed by atoms with E-state index >= 15 is 0 Å². The second-order valence-electron chi connectivity index (χ2n) is 3.91. The molecule has 0 saturated carbocycles. The maximum absolute atomic E-state index is 13.5. The molecular formula is C14H9F3O3. The number of carbonyl (C=O) groups is 1. The molecule has 0 heterocycles. The molecular weight excluding hydrogens is 273 g/mol. The Morgan fingerprint density at radius 3 is 2.15 bits per heavy atom. The van der Waals surface area contributed by atoms with Gasteiger partial charge in [0.05, 0.1) is 5.56 Å². The molecule has 0 amide bonds. The minimum absolute atomic E-state index is 0.396. The molecule has 0 saturated heterocycles. The van der Waals surface area contributed by atoms with Crippen LogP contribution in [0.5, 0.6) is 5.75 Å². The number of para-hydroxylation sites is 1. The maximum Gasteiger partial charge on any atom is 0.339 e. The fourth-order valence-corrected chi connectivity index (χ4v) is 1.64. The fraction of sp³-hybridized carbons (Fsp3) is 0.0714. The van der Waals surface area contributed by atoms with Gasteiger partial charge in [0.2, 0.25) is 0 Å². The number of hydrogen-bond acceptors (Lipinski definition) is 2. The topological polar surface area (TPSA) is 46.5 Å². The number of benzene rings is 2. The van der Waals surface area contributed by atoms with Gasteiger partial charge < -0.3 is 9.84 Å². The molecule has 104 valence electrons. The third-order valence-electron chi connectivity index (χ3n) is 2.62. The summed E-state index contributed by atoms with van der Waals surface area (Å²) < 4.78 is 45.2. The van der Waals surface area contributed by atoms with Crippen molar-refractivity contribution in [1.29, 1.82) is 0 Å². The quantitative estimate of drug-likeness (QED) is 0.935. The van der Waals surface area contributed by atoms with Crippen molar-refractivity contribution in [2.24, 2.45) is 0 Å². The second-order valence-corrected chi connectivity index (χ2v) is 3.91. The highest BCUT2D eigenvalue weighted by atomic mass is 19.1. The minimum Gasteiger partial charge on any atom is -0.485 e. The van der Waals surface area contributed by atoms with E-state index in [4.69, 9.17) is 9.84 Å². The molecule has 0 fully saturated rings. The van der Waals surface area contributed by atoms with Gasteiger partial charge in [0.15, 0.2) is 11.6 Å². The molecule has 0 aliphatic rings. The van der Waals surface area contributed by atoms with Crippen LogP contribution >= 0.6 is 0 Å². The smallest absolute Gasteiger partial charge is 0.339 e. The van der Waals surface area contributed by atoms with Gasteiger partial charge in [0, 0.05) is 0 Å². The summed E-state index contributed by atoms with van der Waals surface area (Å²) in [5.41, 5.74) is -0.811. The van der Waals surface area contributed by atoms with Crippen molar-refractivity contribution in [3.8, 4) is 5.75 Å². The van der Waals surface area contributed by atoms with Gasteiger partial charge in [-0.05, 0) is 24.3 Å². The third-order valence-corrected chi connectivity index (χ3v) is 2.62. The van der Waals surface area contributed by atoms with Gasteiger partial charge in [-0.3, -0.25) is 0 Å². The van der Waals surface area contributed by atoms with Gasteiger partial charge in [0.1, 0.15) is 23.8 Å².